The lowest BCUT2D eigenvalue weighted by Crippen LogP contribution is -2.38. The number of benzene rings is 1. The van der Waals surface area contributed by atoms with Crippen LogP contribution < -0.4 is 14.8 Å². The van der Waals surface area contributed by atoms with E-state index in [4.69, 9.17) is 14.6 Å². The summed E-state index contributed by atoms with van der Waals surface area (Å²) in [5.41, 5.74) is 0.337. The Morgan fingerprint density at radius 2 is 1.95 bits per heavy atom. The molecule has 1 aliphatic carbocycles. The van der Waals surface area contributed by atoms with Crippen LogP contribution in [0.25, 0.3) is 0 Å². The second kappa shape index (κ2) is 7.15. The first-order valence-electron chi connectivity index (χ1n) is 7.39. The number of carboxylic acids is 1. The zero-order valence-electron chi connectivity index (χ0n) is 12.8. The van der Waals surface area contributed by atoms with E-state index in [0.29, 0.717) is 17.1 Å². The van der Waals surface area contributed by atoms with Crippen molar-refractivity contribution in [1.29, 1.82) is 0 Å². The van der Waals surface area contributed by atoms with Gasteiger partial charge in [-0.25, -0.2) is 0 Å². The first-order chi connectivity index (χ1) is 10.5. The highest BCUT2D eigenvalue weighted by molar-refractivity contribution is 5.97. The molecule has 6 heteroatoms. The lowest BCUT2D eigenvalue weighted by atomic mass is 10.1. The third kappa shape index (κ3) is 3.90. The fourth-order valence-electron chi connectivity index (χ4n) is 2.43. The Balaban J connectivity index is 2.10. The number of ether oxygens (including phenoxy) is 2. The Labute approximate surface area is 129 Å². The van der Waals surface area contributed by atoms with E-state index in [1.54, 1.807) is 18.2 Å². The van der Waals surface area contributed by atoms with Gasteiger partial charge in [-0.1, -0.05) is 0 Å². The normalized spacial score (nSPS) is 16.1. The number of carbonyl (C=O) groups is 2. The zero-order valence-corrected chi connectivity index (χ0v) is 12.8. The molecule has 0 unspecified atom stereocenters. The molecule has 1 amide bonds. The fourth-order valence-corrected chi connectivity index (χ4v) is 2.43. The summed E-state index contributed by atoms with van der Waals surface area (Å²) in [6.45, 7) is 1.41. The summed E-state index contributed by atoms with van der Waals surface area (Å²) >= 11 is 0. The molecule has 1 aliphatic rings. The summed E-state index contributed by atoms with van der Waals surface area (Å²) in [6, 6.07) is 3.91. The van der Waals surface area contributed by atoms with Gasteiger partial charge in [0.05, 0.1) is 13.2 Å². The minimum absolute atomic E-state index is 0.195. The first kappa shape index (κ1) is 16.1. The highest BCUT2D eigenvalue weighted by atomic mass is 16.5. The molecular formula is C16H21NO5. The largest absolute Gasteiger partial charge is 0.493 e. The van der Waals surface area contributed by atoms with Crippen molar-refractivity contribution in [3.05, 3.63) is 23.8 Å². The molecule has 120 valence electrons. The molecule has 6 nitrogen and oxygen atoms in total. The van der Waals surface area contributed by atoms with E-state index in [0.717, 1.165) is 12.8 Å². The van der Waals surface area contributed by atoms with E-state index >= 15 is 0 Å². The molecule has 0 spiro atoms. The second-order valence-corrected chi connectivity index (χ2v) is 5.42. The van der Waals surface area contributed by atoms with Gasteiger partial charge in [-0.2, -0.15) is 0 Å². The molecule has 2 rings (SSSR count). The van der Waals surface area contributed by atoms with Crippen molar-refractivity contribution in [2.24, 2.45) is 0 Å². The predicted molar refractivity (Wildman–Crippen MR) is 80.4 cm³/mol. The number of hydrogen-bond acceptors (Lipinski definition) is 4. The van der Waals surface area contributed by atoms with Crippen LogP contribution in [-0.4, -0.2) is 36.2 Å². The van der Waals surface area contributed by atoms with Crippen molar-refractivity contribution >= 4 is 11.9 Å². The van der Waals surface area contributed by atoms with Crippen LogP contribution in [0.3, 0.4) is 0 Å². The number of amides is 1. The topological polar surface area (TPSA) is 84.9 Å². The van der Waals surface area contributed by atoms with Crippen molar-refractivity contribution < 1.29 is 24.2 Å². The first-order valence-corrected chi connectivity index (χ1v) is 7.39. The molecule has 0 heterocycles. The average molecular weight is 307 g/mol. The minimum Gasteiger partial charge on any atom is -0.493 e. The zero-order chi connectivity index (χ0) is 16.1. The Kier molecular flexibility index (Phi) is 5.25. The molecule has 1 saturated carbocycles. The minimum atomic E-state index is -1.08. The summed E-state index contributed by atoms with van der Waals surface area (Å²) in [5.74, 6) is -0.457. The lowest BCUT2D eigenvalue weighted by molar-refractivity contribution is -0.138. The van der Waals surface area contributed by atoms with E-state index in [2.05, 4.69) is 5.32 Å². The average Bonchev–Trinajstić information content (AvgIpc) is 3.00. The van der Waals surface area contributed by atoms with Crippen LogP contribution in [0.4, 0.5) is 0 Å². The molecule has 0 saturated heterocycles. The van der Waals surface area contributed by atoms with Gasteiger partial charge in [0, 0.05) is 5.56 Å². The number of rotatable bonds is 6. The number of hydrogen-bond donors (Lipinski definition) is 2. The van der Waals surface area contributed by atoms with Gasteiger partial charge in [-0.15, -0.1) is 0 Å². The van der Waals surface area contributed by atoms with Gasteiger partial charge in [-0.05, 0) is 50.8 Å². The predicted octanol–water partition coefficient (Wildman–Crippen LogP) is 2.22. The van der Waals surface area contributed by atoms with E-state index < -0.39 is 17.9 Å². The summed E-state index contributed by atoms with van der Waals surface area (Å²) in [7, 11) is 1.51. The SMILES string of the molecule is COc1cc(C(=O)N[C@H](C)C(=O)O)ccc1OC1CCCC1. The van der Waals surface area contributed by atoms with E-state index in [-0.39, 0.29) is 6.10 Å². The molecular weight excluding hydrogens is 286 g/mol. The van der Waals surface area contributed by atoms with Gasteiger partial charge >= 0.3 is 5.97 Å². The lowest BCUT2D eigenvalue weighted by Gasteiger charge is -2.17. The standard InChI is InChI=1S/C16H21NO5/c1-10(16(19)20)17-15(18)11-7-8-13(14(9-11)21-2)22-12-5-3-4-6-12/h7-10,12H,3-6H2,1-2H3,(H,17,18)(H,19,20)/t10-/m1/s1. The van der Waals surface area contributed by atoms with Crippen LogP contribution in [0.2, 0.25) is 0 Å². The van der Waals surface area contributed by atoms with Crippen LogP contribution in [0.15, 0.2) is 18.2 Å². The van der Waals surface area contributed by atoms with E-state index in [1.807, 2.05) is 0 Å². The Hall–Kier alpha value is -2.24. The maximum atomic E-state index is 12.0. The molecule has 1 fully saturated rings. The van der Waals surface area contributed by atoms with Crippen LogP contribution in [0.5, 0.6) is 11.5 Å². The van der Waals surface area contributed by atoms with Crippen LogP contribution in [0, 0.1) is 0 Å². The van der Waals surface area contributed by atoms with Crippen molar-refractivity contribution in [3.63, 3.8) is 0 Å². The van der Waals surface area contributed by atoms with Gasteiger partial charge in [0.1, 0.15) is 6.04 Å². The smallest absolute Gasteiger partial charge is 0.325 e. The maximum absolute atomic E-state index is 12.0. The molecule has 0 aliphatic heterocycles. The van der Waals surface area contributed by atoms with Crippen molar-refractivity contribution in [2.45, 2.75) is 44.8 Å². The number of aliphatic carboxylic acids is 1. The van der Waals surface area contributed by atoms with Crippen LogP contribution in [-0.2, 0) is 4.79 Å². The molecule has 1 aromatic rings. The van der Waals surface area contributed by atoms with E-state index in [9.17, 15) is 9.59 Å². The number of nitrogens with one attached hydrogen (secondary N) is 1. The summed E-state index contributed by atoms with van der Waals surface area (Å²) in [4.78, 5) is 22.8. The van der Waals surface area contributed by atoms with Gasteiger partial charge < -0.3 is 19.9 Å². The molecule has 2 N–H and O–H groups in total. The van der Waals surface area contributed by atoms with E-state index in [1.165, 1.54) is 26.9 Å². The van der Waals surface area contributed by atoms with Crippen molar-refractivity contribution in [3.8, 4) is 11.5 Å². The van der Waals surface area contributed by atoms with Gasteiger partial charge in [-0.3, -0.25) is 9.59 Å². The number of carbonyl (C=O) groups excluding carboxylic acids is 1. The summed E-state index contributed by atoms with van der Waals surface area (Å²) in [5, 5.41) is 11.2. The summed E-state index contributed by atoms with van der Waals surface area (Å²) in [6.07, 6.45) is 4.59. The number of carboxylic acid groups (broad SMARTS) is 1. The van der Waals surface area contributed by atoms with Gasteiger partial charge in [0.15, 0.2) is 11.5 Å². The molecule has 1 aromatic carbocycles. The van der Waals surface area contributed by atoms with Gasteiger partial charge in [0.2, 0.25) is 0 Å². The Morgan fingerprint density at radius 3 is 2.55 bits per heavy atom. The fraction of sp³-hybridized carbons (Fsp3) is 0.500. The number of methoxy groups -OCH3 is 1. The van der Waals surface area contributed by atoms with Gasteiger partial charge in [0.25, 0.3) is 5.91 Å². The highest BCUT2D eigenvalue weighted by Crippen LogP contribution is 2.32. The molecule has 0 bridgehead atoms. The quantitative estimate of drug-likeness (QED) is 0.841. The molecule has 22 heavy (non-hydrogen) atoms. The van der Waals surface area contributed by atoms with Crippen molar-refractivity contribution in [2.75, 3.05) is 7.11 Å². The maximum Gasteiger partial charge on any atom is 0.325 e. The highest BCUT2D eigenvalue weighted by Gasteiger charge is 2.20. The second-order valence-electron chi connectivity index (χ2n) is 5.42. The molecule has 0 radical (unpaired) electrons. The Bertz CT molecular complexity index is 551. The summed E-state index contributed by atoms with van der Waals surface area (Å²) < 4.78 is 11.2. The third-order valence-electron chi connectivity index (χ3n) is 3.74. The molecule has 1 atom stereocenters. The third-order valence-corrected chi connectivity index (χ3v) is 3.74. The van der Waals surface area contributed by atoms with Crippen molar-refractivity contribution in [1.82, 2.24) is 5.32 Å². The van der Waals surface area contributed by atoms with Crippen LogP contribution in [0.1, 0.15) is 43.0 Å². The Morgan fingerprint density at radius 1 is 1.27 bits per heavy atom. The monoisotopic (exact) mass is 307 g/mol. The molecule has 0 aromatic heterocycles. The van der Waals surface area contributed by atoms with Crippen LogP contribution >= 0.6 is 0 Å².